The average Bonchev–Trinajstić information content (AvgIpc) is 3.26. The molecule has 5 heterocycles. The van der Waals surface area contributed by atoms with Crippen molar-refractivity contribution in [1.29, 1.82) is 0 Å². The van der Waals surface area contributed by atoms with Gasteiger partial charge in [-0.25, -0.2) is 4.98 Å². The van der Waals surface area contributed by atoms with Crippen LogP contribution in [0, 0.1) is 0 Å². The molecule has 4 fully saturated rings. The minimum absolute atomic E-state index is 0.00974. The number of nitrogens with one attached hydrogen (secondary N) is 1. The normalized spacial score (nSPS) is 25.5. The Morgan fingerprint density at radius 2 is 2.12 bits per heavy atom. The molecule has 3 aromatic rings. The predicted octanol–water partition coefficient (Wildman–Crippen LogP) is 4.08. The number of amides is 1. The second-order valence-corrected chi connectivity index (χ2v) is 10.4. The van der Waals surface area contributed by atoms with Crippen LogP contribution in [0.25, 0.3) is 5.65 Å². The van der Waals surface area contributed by atoms with Crippen molar-refractivity contribution in [1.82, 2.24) is 14.0 Å². The lowest BCUT2D eigenvalue weighted by molar-refractivity contribution is -0.00634. The zero-order chi connectivity index (χ0) is 23.7. The van der Waals surface area contributed by atoms with Gasteiger partial charge in [0.05, 0.1) is 29.6 Å². The first kappa shape index (κ1) is 21.4. The average molecular weight is 463 g/mol. The van der Waals surface area contributed by atoms with Gasteiger partial charge in [0.15, 0.2) is 0 Å². The van der Waals surface area contributed by atoms with Gasteiger partial charge in [-0.1, -0.05) is 6.92 Å². The maximum absolute atomic E-state index is 13.3. The molecule has 2 saturated heterocycles. The summed E-state index contributed by atoms with van der Waals surface area (Å²) < 4.78 is 15.7. The monoisotopic (exact) mass is 462 g/mol. The predicted molar refractivity (Wildman–Crippen MR) is 128 cm³/mol. The molecule has 4 aliphatic rings. The Morgan fingerprint density at radius 1 is 1.32 bits per heavy atom. The highest BCUT2D eigenvalue weighted by Gasteiger charge is 2.63. The van der Waals surface area contributed by atoms with Gasteiger partial charge < -0.3 is 23.8 Å². The SMILES string of the molecule is CCC12CC(c3cn4cc(C(=O)Nc5cccn(C6CC6)c5=O)c(OC(C)C)cc4n3)(CO1)C2. The lowest BCUT2D eigenvalue weighted by Gasteiger charge is -2.43. The van der Waals surface area contributed by atoms with E-state index in [1.165, 1.54) is 0 Å². The number of pyridine rings is 2. The number of anilines is 1. The summed E-state index contributed by atoms with van der Waals surface area (Å²) in [6, 6.07) is 5.49. The molecule has 0 unspecified atom stereocenters. The first-order valence-electron chi connectivity index (χ1n) is 12.2. The number of ether oxygens (including phenoxy) is 2. The van der Waals surface area contributed by atoms with Gasteiger partial charge in [-0.2, -0.15) is 0 Å². The smallest absolute Gasteiger partial charge is 0.274 e. The van der Waals surface area contributed by atoms with Crippen LogP contribution in [0.5, 0.6) is 5.75 Å². The molecule has 1 N–H and O–H groups in total. The van der Waals surface area contributed by atoms with Crippen LogP contribution in [0.2, 0.25) is 0 Å². The minimum Gasteiger partial charge on any atom is -0.490 e. The Balaban J connectivity index is 1.35. The number of rotatable bonds is 7. The molecule has 2 bridgehead atoms. The summed E-state index contributed by atoms with van der Waals surface area (Å²) in [5.74, 6) is 0.0711. The summed E-state index contributed by atoms with van der Waals surface area (Å²) in [6.45, 7) is 6.70. The third kappa shape index (κ3) is 3.35. The van der Waals surface area contributed by atoms with Gasteiger partial charge in [0, 0.05) is 36.1 Å². The molecule has 2 aliphatic heterocycles. The lowest BCUT2D eigenvalue weighted by atomic mass is 9.60. The van der Waals surface area contributed by atoms with Crippen LogP contribution in [-0.2, 0) is 10.2 Å². The van der Waals surface area contributed by atoms with Crippen LogP contribution in [-0.4, -0.2) is 38.2 Å². The summed E-state index contributed by atoms with van der Waals surface area (Å²) in [5, 5.41) is 2.81. The van der Waals surface area contributed by atoms with Crippen molar-refractivity contribution in [2.75, 3.05) is 11.9 Å². The number of hydrogen-bond acceptors (Lipinski definition) is 5. The number of imidazole rings is 1. The Labute approximate surface area is 197 Å². The molecule has 0 aromatic carbocycles. The van der Waals surface area contributed by atoms with Crippen LogP contribution in [0.1, 0.15) is 75.0 Å². The van der Waals surface area contributed by atoms with Crippen molar-refractivity contribution >= 4 is 17.2 Å². The highest BCUT2D eigenvalue weighted by molar-refractivity contribution is 6.06. The van der Waals surface area contributed by atoms with Crippen LogP contribution >= 0.6 is 0 Å². The molecular weight excluding hydrogens is 432 g/mol. The molecule has 8 nitrogen and oxygen atoms in total. The van der Waals surface area contributed by atoms with Crippen molar-refractivity contribution in [3.05, 3.63) is 58.4 Å². The highest BCUT2D eigenvalue weighted by atomic mass is 16.5. The van der Waals surface area contributed by atoms with Crippen LogP contribution in [0.4, 0.5) is 5.69 Å². The van der Waals surface area contributed by atoms with E-state index < -0.39 is 0 Å². The van der Waals surface area contributed by atoms with E-state index in [2.05, 4.69) is 12.2 Å². The quantitative estimate of drug-likeness (QED) is 0.572. The Morgan fingerprint density at radius 3 is 2.79 bits per heavy atom. The molecule has 0 spiro atoms. The van der Waals surface area contributed by atoms with Gasteiger partial charge in [0.25, 0.3) is 11.5 Å². The van der Waals surface area contributed by atoms with Gasteiger partial charge >= 0.3 is 0 Å². The van der Waals surface area contributed by atoms with E-state index in [1.807, 2.05) is 30.5 Å². The molecule has 0 radical (unpaired) electrons. The summed E-state index contributed by atoms with van der Waals surface area (Å²) in [4.78, 5) is 31.0. The standard InChI is InChI=1S/C26H30N4O4/c1-4-26-13-25(14-26,15-33-26)21-12-29-11-18(20(34-16(2)3)10-22(29)28-21)23(31)27-19-6-5-9-30(24(19)32)17-7-8-17/h5-6,9-12,16-17H,4,7-8,13-15H2,1-3H3,(H,27,31). The molecule has 34 heavy (non-hydrogen) atoms. The van der Waals surface area contributed by atoms with Crippen molar-refractivity contribution in [2.24, 2.45) is 0 Å². The zero-order valence-electron chi connectivity index (χ0n) is 19.8. The number of nitrogens with zero attached hydrogens (tertiary/aromatic N) is 3. The van der Waals surface area contributed by atoms with Gasteiger partial charge in [-0.15, -0.1) is 0 Å². The third-order valence-corrected chi connectivity index (χ3v) is 7.49. The summed E-state index contributed by atoms with van der Waals surface area (Å²) in [5.41, 5.74) is 2.15. The topological polar surface area (TPSA) is 86.9 Å². The van der Waals surface area contributed by atoms with Crippen molar-refractivity contribution < 1.29 is 14.3 Å². The Bertz CT molecular complexity index is 1340. The van der Waals surface area contributed by atoms with E-state index in [9.17, 15) is 9.59 Å². The third-order valence-electron chi connectivity index (χ3n) is 7.49. The van der Waals surface area contributed by atoms with Crippen molar-refractivity contribution in [3.63, 3.8) is 0 Å². The molecule has 0 atom stereocenters. The lowest BCUT2D eigenvalue weighted by Crippen LogP contribution is -2.46. The van der Waals surface area contributed by atoms with Gasteiger partial charge in [-0.3, -0.25) is 9.59 Å². The molecule has 8 heteroatoms. The number of carbonyl (C=O) groups is 1. The fraction of sp³-hybridized carbons (Fsp3) is 0.500. The van der Waals surface area contributed by atoms with Crippen molar-refractivity contribution in [2.45, 2.75) is 76.0 Å². The van der Waals surface area contributed by atoms with Crippen LogP contribution < -0.4 is 15.6 Å². The van der Waals surface area contributed by atoms with Crippen LogP contribution in [0.3, 0.4) is 0 Å². The molecule has 1 amide bonds. The van der Waals surface area contributed by atoms with E-state index in [1.54, 1.807) is 29.1 Å². The van der Waals surface area contributed by atoms with Crippen LogP contribution in [0.15, 0.2) is 41.6 Å². The van der Waals surface area contributed by atoms with E-state index in [-0.39, 0.29) is 40.3 Å². The molecular formula is C26H30N4O4. The fourth-order valence-corrected chi connectivity index (χ4v) is 5.51. The van der Waals surface area contributed by atoms with Gasteiger partial charge in [-0.05, 0) is 58.1 Å². The van der Waals surface area contributed by atoms with E-state index in [0.29, 0.717) is 17.9 Å². The maximum atomic E-state index is 13.3. The number of aromatic nitrogens is 3. The highest BCUT2D eigenvalue weighted by Crippen LogP contribution is 2.59. The molecule has 178 valence electrons. The molecule has 7 rings (SSSR count). The van der Waals surface area contributed by atoms with E-state index in [4.69, 9.17) is 14.5 Å². The minimum atomic E-state index is -0.380. The second-order valence-electron chi connectivity index (χ2n) is 10.4. The Kier molecular flexibility index (Phi) is 4.68. The second kappa shape index (κ2) is 7.43. The van der Waals surface area contributed by atoms with Crippen molar-refractivity contribution in [3.8, 4) is 5.75 Å². The largest absolute Gasteiger partial charge is 0.490 e. The number of hydrogen-bond donors (Lipinski definition) is 1. The van der Waals surface area contributed by atoms with E-state index in [0.717, 1.165) is 43.4 Å². The van der Waals surface area contributed by atoms with Gasteiger partial charge in [0.1, 0.15) is 17.1 Å². The van der Waals surface area contributed by atoms with E-state index >= 15 is 0 Å². The first-order chi connectivity index (χ1) is 16.3. The molecule has 3 aromatic heterocycles. The maximum Gasteiger partial charge on any atom is 0.274 e. The molecule has 2 aliphatic carbocycles. The summed E-state index contributed by atoms with van der Waals surface area (Å²) >= 11 is 0. The summed E-state index contributed by atoms with van der Waals surface area (Å²) in [7, 11) is 0. The zero-order valence-corrected chi connectivity index (χ0v) is 19.8. The van der Waals surface area contributed by atoms with Gasteiger partial charge in [0.2, 0.25) is 0 Å². The number of fused-ring (bicyclic) bond motifs is 2. The first-order valence-corrected chi connectivity index (χ1v) is 12.2. The molecule has 2 saturated carbocycles. The Hall–Kier alpha value is -3.13. The summed E-state index contributed by atoms with van der Waals surface area (Å²) in [6.07, 6.45) is 10.4. The number of carbonyl (C=O) groups excluding carboxylic acids is 1. The fourth-order valence-electron chi connectivity index (χ4n) is 5.51.